The van der Waals surface area contributed by atoms with Gasteiger partial charge in [0.15, 0.2) is 11.6 Å². The fourth-order valence-corrected chi connectivity index (χ4v) is 1.19. The number of halogens is 3. The van der Waals surface area contributed by atoms with Crippen molar-refractivity contribution in [1.29, 1.82) is 0 Å². The van der Waals surface area contributed by atoms with Gasteiger partial charge in [0.1, 0.15) is 0 Å². The highest BCUT2D eigenvalue weighted by Gasteiger charge is 2.11. The first-order valence-corrected chi connectivity index (χ1v) is 5.39. The third-order valence-electron chi connectivity index (χ3n) is 1.71. The fourth-order valence-electron chi connectivity index (χ4n) is 0.991. The molecule has 0 aliphatic carbocycles. The molecular formula is C11H9BrF2O. The van der Waals surface area contributed by atoms with Crippen LogP contribution in [0.1, 0.15) is 12.0 Å². The Morgan fingerprint density at radius 3 is 2.67 bits per heavy atom. The minimum absolute atomic E-state index is 0.0502. The second kappa shape index (κ2) is 5.72. The van der Waals surface area contributed by atoms with Crippen molar-refractivity contribution in [1.82, 2.24) is 0 Å². The zero-order valence-electron chi connectivity index (χ0n) is 8.11. The molecule has 15 heavy (non-hydrogen) atoms. The van der Waals surface area contributed by atoms with Crippen LogP contribution < -0.4 is 4.74 Å². The smallest absolute Gasteiger partial charge is 0.201 e. The Bertz CT molecular complexity index is 407. The third kappa shape index (κ3) is 2.93. The summed E-state index contributed by atoms with van der Waals surface area (Å²) in [7, 11) is 1.29. The van der Waals surface area contributed by atoms with Crippen LogP contribution in [0.3, 0.4) is 0 Å². The molecule has 1 aromatic rings. The van der Waals surface area contributed by atoms with Gasteiger partial charge in [-0.05, 0) is 12.1 Å². The highest BCUT2D eigenvalue weighted by atomic mass is 79.9. The van der Waals surface area contributed by atoms with Gasteiger partial charge in [-0.2, -0.15) is 4.39 Å². The van der Waals surface area contributed by atoms with Gasteiger partial charge >= 0.3 is 0 Å². The molecule has 0 atom stereocenters. The van der Waals surface area contributed by atoms with Crippen LogP contribution in [0.2, 0.25) is 0 Å². The van der Waals surface area contributed by atoms with Crippen molar-refractivity contribution >= 4 is 15.9 Å². The van der Waals surface area contributed by atoms with E-state index in [0.717, 1.165) is 0 Å². The van der Waals surface area contributed by atoms with E-state index in [1.54, 1.807) is 0 Å². The van der Waals surface area contributed by atoms with Crippen LogP contribution in [0.5, 0.6) is 5.75 Å². The normalized spacial score (nSPS) is 9.33. The number of benzene rings is 1. The molecule has 80 valence electrons. The van der Waals surface area contributed by atoms with Crippen LogP contribution in [-0.2, 0) is 0 Å². The average molecular weight is 275 g/mol. The molecule has 0 saturated carbocycles. The summed E-state index contributed by atoms with van der Waals surface area (Å²) in [5.74, 6) is 3.20. The SMILES string of the molecule is COc1ccc(C#CCCBr)c(F)c1F. The Balaban J connectivity index is 3.03. The summed E-state index contributed by atoms with van der Waals surface area (Å²) >= 11 is 3.19. The van der Waals surface area contributed by atoms with Gasteiger partial charge in [-0.1, -0.05) is 27.8 Å². The number of hydrogen-bond donors (Lipinski definition) is 0. The van der Waals surface area contributed by atoms with Gasteiger partial charge in [0, 0.05) is 11.8 Å². The number of alkyl halides is 1. The molecule has 0 N–H and O–H groups in total. The summed E-state index contributed by atoms with van der Waals surface area (Å²) in [6.45, 7) is 0. The maximum atomic E-state index is 13.3. The van der Waals surface area contributed by atoms with Gasteiger partial charge in [-0.15, -0.1) is 0 Å². The summed E-state index contributed by atoms with van der Waals surface area (Å²) < 4.78 is 31.1. The van der Waals surface area contributed by atoms with E-state index in [4.69, 9.17) is 0 Å². The van der Waals surface area contributed by atoms with E-state index in [-0.39, 0.29) is 11.3 Å². The van der Waals surface area contributed by atoms with Gasteiger partial charge in [0.25, 0.3) is 0 Å². The minimum atomic E-state index is -0.997. The van der Waals surface area contributed by atoms with Crippen molar-refractivity contribution < 1.29 is 13.5 Å². The predicted molar refractivity (Wildman–Crippen MR) is 58.2 cm³/mol. The first-order chi connectivity index (χ1) is 7.20. The Hall–Kier alpha value is -1.08. The van der Waals surface area contributed by atoms with E-state index in [2.05, 4.69) is 32.5 Å². The Morgan fingerprint density at radius 1 is 1.33 bits per heavy atom. The molecule has 1 aromatic carbocycles. The molecule has 0 aliphatic rings. The summed E-state index contributed by atoms with van der Waals surface area (Å²) in [5, 5.41) is 0.709. The highest BCUT2D eigenvalue weighted by Crippen LogP contribution is 2.21. The van der Waals surface area contributed by atoms with Gasteiger partial charge < -0.3 is 4.74 Å². The van der Waals surface area contributed by atoms with Crippen LogP contribution in [0.4, 0.5) is 8.78 Å². The van der Waals surface area contributed by atoms with E-state index >= 15 is 0 Å². The number of ether oxygens (including phenoxy) is 1. The number of methoxy groups -OCH3 is 1. The second-order valence-electron chi connectivity index (χ2n) is 2.68. The van der Waals surface area contributed by atoms with Crippen LogP contribution in [0.25, 0.3) is 0 Å². The van der Waals surface area contributed by atoms with Gasteiger partial charge in [0.2, 0.25) is 5.82 Å². The molecule has 4 heteroatoms. The molecule has 1 nitrogen and oxygen atoms in total. The van der Waals surface area contributed by atoms with Crippen molar-refractivity contribution in [3.05, 3.63) is 29.3 Å². The van der Waals surface area contributed by atoms with Crippen molar-refractivity contribution in [3.63, 3.8) is 0 Å². The van der Waals surface area contributed by atoms with Crippen molar-refractivity contribution in [3.8, 4) is 17.6 Å². The van der Waals surface area contributed by atoms with Crippen molar-refractivity contribution in [2.24, 2.45) is 0 Å². The topological polar surface area (TPSA) is 9.23 Å². The van der Waals surface area contributed by atoms with Crippen LogP contribution >= 0.6 is 15.9 Å². The lowest BCUT2D eigenvalue weighted by atomic mass is 10.2. The largest absolute Gasteiger partial charge is 0.494 e. The summed E-state index contributed by atoms with van der Waals surface area (Å²) in [4.78, 5) is 0. The van der Waals surface area contributed by atoms with Crippen molar-refractivity contribution in [2.45, 2.75) is 6.42 Å². The Labute approximate surface area is 95.6 Å². The second-order valence-corrected chi connectivity index (χ2v) is 3.48. The standard InChI is InChI=1S/C11H9BrF2O/c1-15-9-6-5-8(4-2-3-7-12)10(13)11(9)14/h5-6H,3,7H2,1H3. The molecule has 0 saturated heterocycles. The lowest BCUT2D eigenvalue weighted by Gasteiger charge is -2.02. The lowest BCUT2D eigenvalue weighted by Crippen LogP contribution is -1.94. The quantitative estimate of drug-likeness (QED) is 0.595. The average Bonchev–Trinajstić information content (AvgIpc) is 2.25. The number of hydrogen-bond acceptors (Lipinski definition) is 1. The zero-order chi connectivity index (χ0) is 11.3. The van der Waals surface area contributed by atoms with E-state index in [1.165, 1.54) is 19.2 Å². The minimum Gasteiger partial charge on any atom is -0.494 e. The number of rotatable bonds is 2. The maximum absolute atomic E-state index is 13.3. The van der Waals surface area contributed by atoms with Crippen molar-refractivity contribution in [2.75, 3.05) is 12.4 Å². The van der Waals surface area contributed by atoms with E-state index in [0.29, 0.717) is 11.8 Å². The highest BCUT2D eigenvalue weighted by molar-refractivity contribution is 9.09. The monoisotopic (exact) mass is 274 g/mol. The molecule has 0 aliphatic heterocycles. The third-order valence-corrected chi connectivity index (χ3v) is 2.11. The summed E-state index contributed by atoms with van der Waals surface area (Å²) in [6.07, 6.45) is 0.590. The summed E-state index contributed by atoms with van der Waals surface area (Å²) in [5.41, 5.74) is 0.0502. The lowest BCUT2D eigenvalue weighted by molar-refractivity contribution is 0.371. The fraction of sp³-hybridized carbons (Fsp3) is 0.273. The van der Waals surface area contributed by atoms with E-state index < -0.39 is 11.6 Å². The van der Waals surface area contributed by atoms with Gasteiger partial charge in [-0.3, -0.25) is 0 Å². The van der Waals surface area contributed by atoms with Crippen LogP contribution in [0.15, 0.2) is 12.1 Å². The van der Waals surface area contributed by atoms with Crippen LogP contribution in [-0.4, -0.2) is 12.4 Å². The molecule has 0 spiro atoms. The molecule has 0 heterocycles. The Kier molecular flexibility index (Phi) is 4.57. The molecule has 0 bridgehead atoms. The molecule has 0 radical (unpaired) electrons. The van der Waals surface area contributed by atoms with E-state index in [9.17, 15) is 8.78 Å². The molecule has 0 aromatic heterocycles. The van der Waals surface area contributed by atoms with Gasteiger partial charge in [0.05, 0.1) is 12.7 Å². The zero-order valence-corrected chi connectivity index (χ0v) is 9.70. The summed E-state index contributed by atoms with van der Waals surface area (Å²) in [6, 6.07) is 2.76. The van der Waals surface area contributed by atoms with Crippen LogP contribution in [0, 0.1) is 23.5 Å². The molecule has 1 rings (SSSR count). The Morgan fingerprint density at radius 2 is 2.07 bits per heavy atom. The molecule has 0 fully saturated rings. The van der Waals surface area contributed by atoms with Gasteiger partial charge in [-0.25, -0.2) is 4.39 Å². The first-order valence-electron chi connectivity index (χ1n) is 4.27. The molecule has 0 amide bonds. The maximum Gasteiger partial charge on any atom is 0.201 e. The molecular weight excluding hydrogens is 266 g/mol. The first kappa shape index (κ1) is 12.0. The predicted octanol–water partition coefficient (Wildman–Crippen LogP) is 3.11. The van der Waals surface area contributed by atoms with E-state index in [1.807, 2.05) is 0 Å². The molecule has 0 unspecified atom stereocenters.